The van der Waals surface area contributed by atoms with Crippen molar-refractivity contribution < 1.29 is 14.4 Å². The Morgan fingerprint density at radius 2 is 1.95 bits per heavy atom. The Kier molecular flexibility index (Phi) is 4.78. The van der Waals surface area contributed by atoms with Gasteiger partial charge in [0.15, 0.2) is 6.54 Å². The topological polar surface area (TPSA) is 42.8 Å². The maximum absolute atomic E-state index is 12.2. The summed E-state index contributed by atoms with van der Waals surface area (Å²) >= 11 is 0. The van der Waals surface area contributed by atoms with E-state index in [4.69, 9.17) is 4.74 Å². The number of aryl methyl sites for hydroxylation is 2. The number of anilines is 1. The number of nitrogens with one attached hydrogen (secondary N) is 2. The van der Waals surface area contributed by atoms with Crippen LogP contribution in [-0.2, 0) is 9.53 Å². The highest BCUT2D eigenvalue weighted by Gasteiger charge is 2.27. The largest absolute Gasteiger partial charge is 0.364 e. The molecule has 0 aliphatic carbocycles. The zero-order valence-corrected chi connectivity index (χ0v) is 12.8. The minimum atomic E-state index is 0.0787. The van der Waals surface area contributed by atoms with Crippen LogP contribution in [0.3, 0.4) is 0 Å². The van der Waals surface area contributed by atoms with Gasteiger partial charge in [0.05, 0.1) is 0 Å². The summed E-state index contributed by atoms with van der Waals surface area (Å²) in [5, 5.41) is 3.03. The minimum Gasteiger partial charge on any atom is -0.364 e. The molecule has 2 N–H and O–H groups in total. The number of ether oxygens (including phenoxy) is 1. The molecular formula is C16H25N2O2+. The van der Waals surface area contributed by atoms with Gasteiger partial charge in [0.1, 0.15) is 25.3 Å². The maximum atomic E-state index is 12.2. The summed E-state index contributed by atoms with van der Waals surface area (Å²) in [6.07, 6.45) is 0.449. The molecule has 0 bridgehead atoms. The van der Waals surface area contributed by atoms with Crippen molar-refractivity contribution in [2.75, 3.05) is 25.0 Å². The zero-order valence-electron chi connectivity index (χ0n) is 12.8. The molecule has 0 radical (unpaired) electrons. The Bertz CT molecular complexity index is 477. The lowest BCUT2D eigenvalue weighted by atomic mass is 10.1. The normalized spacial score (nSPS) is 26.3. The van der Waals surface area contributed by atoms with E-state index in [9.17, 15) is 4.79 Å². The highest BCUT2D eigenvalue weighted by atomic mass is 16.5. The lowest BCUT2D eigenvalue weighted by Crippen LogP contribution is -3.16. The van der Waals surface area contributed by atoms with Crippen LogP contribution in [0.2, 0.25) is 0 Å². The molecule has 0 saturated carbocycles. The Morgan fingerprint density at radius 3 is 2.60 bits per heavy atom. The average Bonchev–Trinajstić information content (AvgIpc) is 2.32. The summed E-state index contributed by atoms with van der Waals surface area (Å²) in [5.74, 6) is 0.0787. The summed E-state index contributed by atoms with van der Waals surface area (Å²) in [7, 11) is 0. The van der Waals surface area contributed by atoms with E-state index in [2.05, 4.69) is 25.2 Å². The molecule has 1 heterocycles. The fraction of sp³-hybridized carbons (Fsp3) is 0.562. The van der Waals surface area contributed by atoms with E-state index in [0.717, 1.165) is 29.9 Å². The quantitative estimate of drug-likeness (QED) is 0.863. The molecule has 1 amide bonds. The highest BCUT2D eigenvalue weighted by molar-refractivity contribution is 5.92. The molecule has 1 saturated heterocycles. The molecule has 2 atom stereocenters. The van der Waals surface area contributed by atoms with Gasteiger partial charge >= 0.3 is 0 Å². The van der Waals surface area contributed by atoms with Gasteiger partial charge < -0.3 is 15.0 Å². The number of hydrogen-bond acceptors (Lipinski definition) is 2. The molecule has 1 aliphatic rings. The summed E-state index contributed by atoms with van der Waals surface area (Å²) in [5.41, 5.74) is 3.18. The molecular weight excluding hydrogens is 252 g/mol. The Balaban J connectivity index is 1.93. The highest BCUT2D eigenvalue weighted by Crippen LogP contribution is 2.15. The van der Waals surface area contributed by atoms with Crippen molar-refractivity contribution in [1.29, 1.82) is 0 Å². The third kappa shape index (κ3) is 4.05. The van der Waals surface area contributed by atoms with Crippen LogP contribution in [0.25, 0.3) is 0 Å². The monoisotopic (exact) mass is 277 g/mol. The van der Waals surface area contributed by atoms with Crippen LogP contribution in [0.4, 0.5) is 5.69 Å². The third-order valence-electron chi connectivity index (χ3n) is 3.69. The average molecular weight is 277 g/mol. The molecule has 4 heteroatoms. The van der Waals surface area contributed by atoms with Gasteiger partial charge in [-0.15, -0.1) is 0 Å². The second kappa shape index (κ2) is 6.37. The van der Waals surface area contributed by atoms with Gasteiger partial charge in [-0.3, -0.25) is 4.79 Å². The van der Waals surface area contributed by atoms with E-state index in [1.54, 1.807) is 0 Å². The summed E-state index contributed by atoms with van der Waals surface area (Å²) in [6, 6.07) is 6.12. The van der Waals surface area contributed by atoms with Crippen LogP contribution in [0.1, 0.15) is 25.0 Å². The van der Waals surface area contributed by atoms with E-state index in [1.807, 2.05) is 26.0 Å². The smallest absolute Gasteiger partial charge is 0.279 e. The van der Waals surface area contributed by atoms with Crippen molar-refractivity contribution in [1.82, 2.24) is 0 Å². The van der Waals surface area contributed by atoms with Gasteiger partial charge in [0.25, 0.3) is 5.91 Å². The number of rotatable bonds is 3. The molecule has 0 aromatic heterocycles. The molecule has 1 aromatic carbocycles. The molecule has 4 nitrogen and oxygen atoms in total. The number of carbonyl (C=O) groups is 1. The fourth-order valence-electron chi connectivity index (χ4n) is 2.83. The molecule has 20 heavy (non-hydrogen) atoms. The molecule has 1 aromatic rings. The number of benzene rings is 1. The SMILES string of the molecule is Cc1ccc(C)c(NC(=O)C[NH+]2C[C@@H](C)O[C@H](C)C2)c1. The Labute approximate surface area is 121 Å². The predicted molar refractivity (Wildman–Crippen MR) is 80.1 cm³/mol. The lowest BCUT2D eigenvalue weighted by molar-refractivity contribution is -0.907. The van der Waals surface area contributed by atoms with Gasteiger partial charge in [0, 0.05) is 5.69 Å². The summed E-state index contributed by atoms with van der Waals surface area (Å²) < 4.78 is 5.70. The van der Waals surface area contributed by atoms with Crippen molar-refractivity contribution in [3.05, 3.63) is 29.3 Å². The van der Waals surface area contributed by atoms with Gasteiger partial charge in [-0.2, -0.15) is 0 Å². The fourth-order valence-corrected chi connectivity index (χ4v) is 2.83. The van der Waals surface area contributed by atoms with Crippen molar-refractivity contribution in [2.45, 2.75) is 39.9 Å². The first-order valence-electron chi connectivity index (χ1n) is 7.30. The van der Waals surface area contributed by atoms with Gasteiger partial charge in [-0.05, 0) is 44.9 Å². The number of quaternary nitrogens is 1. The van der Waals surface area contributed by atoms with E-state index < -0.39 is 0 Å². The molecule has 1 fully saturated rings. The zero-order chi connectivity index (χ0) is 14.7. The minimum absolute atomic E-state index is 0.0787. The molecule has 110 valence electrons. The molecule has 0 spiro atoms. The van der Waals surface area contributed by atoms with E-state index in [0.29, 0.717) is 6.54 Å². The van der Waals surface area contributed by atoms with Crippen LogP contribution >= 0.6 is 0 Å². The lowest BCUT2D eigenvalue weighted by Gasteiger charge is -2.31. The van der Waals surface area contributed by atoms with Crippen LogP contribution in [0, 0.1) is 13.8 Å². The molecule has 1 aliphatic heterocycles. The van der Waals surface area contributed by atoms with Gasteiger partial charge in [-0.1, -0.05) is 12.1 Å². The standard InChI is InChI=1S/C16H24N2O2/c1-11-5-6-12(2)15(7-11)17-16(19)10-18-8-13(3)20-14(4)9-18/h5-7,13-14H,8-10H2,1-4H3,(H,17,19)/p+1/t13-,14-/m1/s1. The second-order valence-corrected chi connectivity index (χ2v) is 5.96. The van der Waals surface area contributed by atoms with Crippen molar-refractivity contribution in [2.24, 2.45) is 0 Å². The van der Waals surface area contributed by atoms with E-state index in [1.165, 1.54) is 4.90 Å². The van der Waals surface area contributed by atoms with Crippen molar-refractivity contribution >= 4 is 11.6 Å². The Morgan fingerprint density at radius 1 is 1.30 bits per heavy atom. The number of hydrogen-bond donors (Lipinski definition) is 2. The van der Waals surface area contributed by atoms with Gasteiger partial charge in [-0.25, -0.2) is 0 Å². The molecule has 0 unspecified atom stereocenters. The van der Waals surface area contributed by atoms with Crippen LogP contribution < -0.4 is 10.2 Å². The number of amides is 1. The van der Waals surface area contributed by atoms with Crippen LogP contribution in [0.5, 0.6) is 0 Å². The maximum Gasteiger partial charge on any atom is 0.279 e. The molecule has 2 rings (SSSR count). The third-order valence-corrected chi connectivity index (χ3v) is 3.69. The van der Waals surface area contributed by atoms with Crippen molar-refractivity contribution in [3.8, 4) is 0 Å². The van der Waals surface area contributed by atoms with E-state index >= 15 is 0 Å². The van der Waals surface area contributed by atoms with Gasteiger partial charge in [0.2, 0.25) is 0 Å². The number of morpholine rings is 1. The van der Waals surface area contributed by atoms with E-state index in [-0.39, 0.29) is 18.1 Å². The van der Waals surface area contributed by atoms with Crippen LogP contribution in [0.15, 0.2) is 18.2 Å². The van der Waals surface area contributed by atoms with Crippen LogP contribution in [-0.4, -0.2) is 37.7 Å². The first kappa shape index (κ1) is 15.0. The summed E-state index contributed by atoms with van der Waals surface area (Å²) in [6.45, 7) is 10.5. The number of carbonyl (C=O) groups excluding carboxylic acids is 1. The Hall–Kier alpha value is -1.39. The second-order valence-electron chi connectivity index (χ2n) is 5.96. The van der Waals surface area contributed by atoms with Crippen molar-refractivity contribution in [3.63, 3.8) is 0 Å². The predicted octanol–water partition coefficient (Wildman–Crippen LogP) is 0.934. The summed E-state index contributed by atoms with van der Waals surface area (Å²) in [4.78, 5) is 13.5. The first-order chi connectivity index (χ1) is 9.44. The first-order valence-corrected chi connectivity index (χ1v) is 7.30.